The highest BCUT2D eigenvalue weighted by molar-refractivity contribution is 7.09. The maximum absolute atomic E-state index is 4.59. The first-order valence-corrected chi connectivity index (χ1v) is 7.23. The van der Waals surface area contributed by atoms with Crippen LogP contribution in [0.4, 0.5) is 5.13 Å². The lowest BCUT2D eigenvalue weighted by molar-refractivity contribution is 0.344. The van der Waals surface area contributed by atoms with Crippen molar-refractivity contribution < 1.29 is 0 Å². The molecule has 0 bridgehead atoms. The lowest BCUT2D eigenvalue weighted by Gasteiger charge is -2.25. The Morgan fingerprint density at radius 1 is 1.28 bits per heavy atom. The largest absolute Gasteiger partial charge is 0.356 e. The van der Waals surface area contributed by atoms with Crippen molar-refractivity contribution in [3.63, 3.8) is 0 Å². The Balaban J connectivity index is 2.73. The molecule has 0 fully saturated rings. The smallest absolute Gasteiger partial charge is 0.202 e. The molecule has 104 valence electrons. The van der Waals surface area contributed by atoms with E-state index in [9.17, 15) is 0 Å². The van der Waals surface area contributed by atoms with Crippen molar-refractivity contribution in [1.29, 1.82) is 0 Å². The summed E-state index contributed by atoms with van der Waals surface area (Å²) in [6.07, 6.45) is 0. The van der Waals surface area contributed by atoms with Crippen LogP contribution in [0.1, 0.15) is 40.4 Å². The molecule has 5 heteroatoms. The van der Waals surface area contributed by atoms with Gasteiger partial charge >= 0.3 is 0 Å². The zero-order valence-electron chi connectivity index (χ0n) is 12.6. The van der Waals surface area contributed by atoms with Crippen LogP contribution in [0, 0.1) is 5.92 Å². The summed E-state index contributed by atoms with van der Waals surface area (Å²) in [5.41, 5.74) is 0.0192. The van der Waals surface area contributed by atoms with E-state index in [1.54, 1.807) is 0 Å². The number of hydrogen-bond donors (Lipinski definition) is 1. The average Bonchev–Trinajstić information content (AvgIpc) is 2.63. The van der Waals surface area contributed by atoms with Gasteiger partial charge in [-0.1, -0.05) is 34.6 Å². The van der Waals surface area contributed by atoms with Crippen molar-refractivity contribution in [2.75, 3.05) is 26.0 Å². The molecule has 0 radical (unpaired) electrons. The van der Waals surface area contributed by atoms with Gasteiger partial charge in [0.2, 0.25) is 5.13 Å². The van der Waals surface area contributed by atoms with Crippen molar-refractivity contribution in [3.8, 4) is 0 Å². The van der Waals surface area contributed by atoms with Crippen molar-refractivity contribution in [2.24, 2.45) is 5.92 Å². The Labute approximate surface area is 115 Å². The summed E-state index contributed by atoms with van der Waals surface area (Å²) in [6, 6.07) is 0.403. The topological polar surface area (TPSA) is 41.0 Å². The van der Waals surface area contributed by atoms with Crippen LogP contribution in [0.2, 0.25) is 0 Å². The molecule has 0 saturated carbocycles. The Kier molecular flexibility index (Phi) is 5.10. The van der Waals surface area contributed by atoms with Gasteiger partial charge in [0.05, 0.1) is 0 Å². The molecule has 1 atom stereocenters. The predicted molar refractivity (Wildman–Crippen MR) is 79.4 cm³/mol. The van der Waals surface area contributed by atoms with Crippen LogP contribution in [-0.2, 0) is 5.41 Å². The molecule has 0 aliphatic rings. The summed E-state index contributed by atoms with van der Waals surface area (Å²) in [6.45, 7) is 11.9. The first kappa shape index (κ1) is 15.4. The Morgan fingerprint density at radius 3 is 2.28 bits per heavy atom. The second-order valence-electron chi connectivity index (χ2n) is 6.43. The molecule has 0 aromatic carbocycles. The highest BCUT2D eigenvalue weighted by atomic mass is 32.1. The first-order chi connectivity index (χ1) is 8.20. The van der Waals surface area contributed by atoms with E-state index in [1.165, 1.54) is 11.5 Å². The number of rotatable bonds is 5. The lowest BCUT2D eigenvalue weighted by Crippen LogP contribution is -2.36. The predicted octanol–water partition coefficient (Wildman–Crippen LogP) is 2.83. The zero-order valence-corrected chi connectivity index (χ0v) is 13.4. The summed E-state index contributed by atoms with van der Waals surface area (Å²) in [5.74, 6) is 1.48. The summed E-state index contributed by atoms with van der Waals surface area (Å²) in [4.78, 5) is 6.79. The van der Waals surface area contributed by atoms with Gasteiger partial charge in [-0.15, -0.1) is 0 Å². The molecule has 1 unspecified atom stereocenters. The van der Waals surface area contributed by atoms with Crippen LogP contribution in [0.15, 0.2) is 0 Å². The fourth-order valence-electron chi connectivity index (χ4n) is 1.56. The highest BCUT2D eigenvalue weighted by Crippen LogP contribution is 2.24. The minimum atomic E-state index is 0.0192. The Bertz CT molecular complexity index is 365. The fraction of sp³-hybridized carbons (Fsp3) is 0.846. The molecule has 0 aliphatic carbocycles. The molecule has 1 aromatic heterocycles. The van der Waals surface area contributed by atoms with Crippen LogP contribution in [0.5, 0.6) is 0 Å². The van der Waals surface area contributed by atoms with Crippen LogP contribution in [0.3, 0.4) is 0 Å². The molecule has 0 spiro atoms. The SMILES string of the molecule is CC(C)C(CN(C)C)Nc1nc(C(C)(C)C)ns1. The molecule has 0 aliphatic heterocycles. The third-order valence-electron chi connectivity index (χ3n) is 2.77. The van der Waals surface area contributed by atoms with E-state index in [0.717, 1.165) is 17.5 Å². The van der Waals surface area contributed by atoms with Crippen molar-refractivity contribution in [1.82, 2.24) is 14.3 Å². The molecule has 1 heterocycles. The van der Waals surface area contributed by atoms with Gasteiger partial charge in [-0.25, -0.2) is 4.98 Å². The first-order valence-electron chi connectivity index (χ1n) is 6.45. The van der Waals surface area contributed by atoms with Crippen LogP contribution in [0.25, 0.3) is 0 Å². The molecule has 0 saturated heterocycles. The minimum Gasteiger partial charge on any atom is -0.356 e. The van der Waals surface area contributed by atoms with Crippen LogP contribution < -0.4 is 5.32 Å². The average molecular weight is 270 g/mol. The molecule has 1 N–H and O–H groups in total. The van der Waals surface area contributed by atoms with E-state index in [1.807, 2.05) is 0 Å². The maximum atomic E-state index is 4.59. The molecule has 1 rings (SSSR count). The van der Waals surface area contributed by atoms with Gasteiger partial charge in [0.25, 0.3) is 0 Å². The Hall–Kier alpha value is -0.680. The molecular weight excluding hydrogens is 244 g/mol. The number of nitrogens with one attached hydrogen (secondary N) is 1. The van der Waals surface area contributed by atoms with Crippen LogP contribution in [-0.4, -0.2) is 40.9 Å². The van der Waals surface area contributed by atoms with E-state index in [-0.39, 0.29) is 5.41 Å². The molecule has 1 aromatic rings. The standard InChI is InChI=1S/C13H26N4S/c1-9(2)10(8-17(6)7)14-12-15-11(16-18-12)13(3,4)5/h9-10H,8H2,1-7H3,(H,14,15,16). The second-order valence-corrected chi connectivity index (χ2v) is 7.18. The van der Waals surface area contributed by atoms with Crippen molar-refractivity contribution >= 4 is 16.7 Å². The number of anilines is 1. The van der Waals surface area contributed by atoms with Crippen molar-refractivity contribution in [2.45, 2.75) is 46.1 Å². The third kappa shape index (κ3) is 4.53. The maximum Gasteiger partial charge on any atom is 0.202 e. The highest BCUT2D eigenvalue weighted by Gasteiger charge is 2.21. The van der Waals surface area contributed by atoms with Gasteiger partial charge < -0.3 is 10.2 Å². The lowest BCUT2D eigenvalue weighted by atomic mass is 9.96. The van der Waals surface area contributed by atoms with E-state index in [2.05, 4.69) is 68.3 Å². The summed E-state index contributed by atoms with van der Waals surface area (Å²) in [5, 5.41) is 4.44. The fourth-order valence-corrected chi connectivity index (χ4v) is 2.38. The third-order valence-corrected chi connectivity index (χ3v) is 3.42. The van der Waals surface area contributed by atoms with E-state index >= 15 is 0 Å². The van der Waals surface area contributed by atoms with Crippen LogP contribution >= 0.6 is 11.5 Å². The van der Waals surface area contributed by atoms with E-state index < -0.39 is 0 Å². The van der Waals surface area contributed by atoms with E-state index in [4.69, 9.17) is 0 Å². The van der Waals surface area contributed by atoms with Gasteiger partial charge in [-0.3, -0.25) is 0 Å². The number of aromatic nitrogens is 2. The number of likely N-dealkylation sites (N-methyl/N-ethyl adjacent to an activating group) is 1. The normalized spacial score (nSPS) is 14.3. The summed E-state index contributed by atoms with van der Waals surface area (Å²) < 4.78 is 4.43. The number of hydrogen-bond acceptors (Lipinski definition) is 5. The second kappa shape index (κ2) is 5.97. The summed E-state index contributed by atoms with van der Waals surface area (Å²) >= 11 is 1.46. The Morgan fingerprint density at radius 2 is 1.89 bits per heavy atom. The molecule has 4 nitrogen and oxygen atoms in total. The quantitative estimate of drug-likeness (QED) is 0.893. The van der Waals surface area contributed by atoms with Gasteiger partial charge in [0.15, 0.2) is 0 Å². The van der Waals surface area contributed by atoms with E-state index in [0.29, 0.717) is 12.0 Å². The minimum absolute atomic E-state index is 0.0192. The van der Waals surface area contributed by atoms with Gasteiger partial charge in [-0.2, -0.15) is 4.37 Å². The molecular formula is C13H26N4S. The van der Waals surface area contributed by atoms with Gasteiger partial charge in [-0.05, 0) is 20.0 Å². The van der Waals surface area contributed by atoms with Gasteiger partial charge in [0, 0.05) is 29.5 Å². The zero-order chi connectivity index (χ0) is 13.9. The monoisotopic (exact) mass is 270 g/mol. The number of nitrogens with zero attached hydrogens (tertiary/aromatic N) is 3. The van der Waals surface area contributed by atoms with Crippen molar-refractivity contribution in [3.05, 3.63) is 5.82 Å². The molecule has 18 heavy (non-hydrogen) atoms. The molecule has 0 amide bonds. The van der Waals surface area contributed by atoms with Gasteiger partial charge in [0.1, 0.15) is 5.82 Å². The summed E-state index contributed by atoms with van der Waals surface area (Å²) in [7, 11) is 4.19.